The third-order valence-electron chi connectivity index (χ3n) is 5.57. The molecule has 26 heavy (non-hydrogen) atoms. The molecule has 1 aliphatic heterocycles. The lowest BCUT2D eigenvalue weighted by molar-refractivity contribution is 0.165. The maximum Gasteiger partial charge on any atom is 0.317 e. The summed E-state index contributed by atoms with van der Waals surface area (Å²) < 4.78 is 2.40. The Hall–Kier alpha value is -2.30. The Balaban J connectivity index is 1.39. The van der Waals surface area contributed by atoms with E-state index in [0.717, 1.165) is 31.5 Å². The molecule has 1 N–H and O–H groups in total. The summed E-state index contributed by atoms with van der Waals surface area (Å²) in [4.78, 5) is 19.3. The standard InChI is InChI=1S/C21H28N4O/c1-15-5-7-17(8-6-15)13-23-21(26)24-11-3-4-19(14-24)25-16(2)12-22-20(25)18-9-10-18/h5-8,12,18-19H,3-4,9-11,13-14H2,1-2H3,(H,23,26). The number of piperidine rings is 1. The quantitative estimate of drug-likeness (QED) is 0.906. The van der Waals surface area contributed by atoms with Gasteiger partial charge in [-0.25, -0.2) is 9.78 Å². The SMILES string of the molecule is Cc1ccc(CNC(=O)N2CCCC(n3c(C)cnc3C3CC3)C2)cc1. The average Bonchev–Trinajstić information content (AvgIpc) is 3.43. The molecule has 0 radical (unpaired) electrons. The number of carbonyl (C=O) groups is 1. The largest absolute Gasteiger partial charge is 0.334 e. The predicted octanol–water partition coefficient (Wildman–Crippen LogP) is 3.92. The van der Waals surface area contributed by atoms with Gasteiger partial charge in [-0.2, -0.15) is 0 Å². The first kappa shape index (κ1) is 17.1. The number of benzene rings is 1. The fourth-order valence-corrected chi connectivity index (χ4v) is 3.93. The minimum absolute atomic E-state index is 0.0426. The number of nitrogens with zero attached hydrogens (tertiary/aromatic N) is 3. The fourth-order valence-electron chi connectivity index (χ4n) is 3.93. The van der Waals surface area contributed by atoms with Crippen molar-refractivity contribution in [3.63, 3.8) is 0 Å². The summed E-state index contributed by atoms with van der Waals surface area (Å²) in [5, 5.41) is 3.08. The zero-order valence-electron chi connectivity index (χ0n) is 15.7. The van der Waals surface area contributed by atoms with E-state index in [-0.39, 0.29) is 6.03 Å². The third-order valence-corrected chi connectivity index (χ3v) is 5.57. The third kappa shape index (κ3) is 3.62. The Morgan fingerprint density at radius 2 is 1.96 bits per heavy atom. The Morgan fingerprint density at radius 1 is 1.19 bits per heavy atom. The molecule has 2 fully saturated rings. The van der Waals surface area contributed by atoms with Crippen LogP contribution in [0.3, 0.4) is 0 Å². The predicted molar refractivity (Wildman–Crippen MR) is 102 cm³/mol. The molecule has 1 aromatic carbocycles. The van der Waals surface area contributed by atoms with Crippen LogP contribution in [0, 0.1) is 13.8 Å². The molecule has 2 aromatic rings. The summed E-state index contributed by atoms with van der Waals surface area (Å²) >= 11 is 0. The maximum atomic E-state index is 12.7. The lowest BCUT2D eigenvalue weighted by Gasteiger charge is -2.34. The van der Waals surface area contributed by atoms with E-state index in [2.05, 4.69) is 53.0 Å². The number of nitrogens with one attached hydrogen (secondary N) is 1. The molecule has 0 spiro atoms. The van der Waals surface area contributed by atoms with Crippen LogP contribution >= 0.6 is 0 Å². The van der Waals surface area contributed by atoms with Gasteiger partial charge in [0.05, 0.1) is 6.04 Å². The van der Waals surface area contributed by atoms with Crippen molar-refractivity contribution in [1.29, 1.82) is 0 Å². The summed E-state index contributed by atoms with van der Waals surface area (Å²) in [6, 6.07) is 8.71. The van der Waals surface area contributed by atoms with Crippen LogP contribution in [0.25, 0.3) is 0 Å². The Kier molecular flexibility index (Phi) is 4.70. The number of aryl methyl sites for hydroxylation is 2. The van der Waals surface area contributed by atoms with E-state index in [1.165, 1.54) is 29.9 Å². The van der Waals surface area contributed by atoms with E-state index >= 15 is 0 Å². The van der Waals surface area contributed by atoms with E-state index in [4.69, 9.17) is 0 Å². The molecule has 1 aromatic heterocycles. The Bertz CT molecular complexity index is 776. The molecule has 1 atom stereocenters. The van der Waals surface area contributed by atoms with Gasteiger partial charge >= 0.3 is 6.03 Å². The number of imidazole rings is 1. The number of amides is 2. The van der Waals surface area contributed by atoms with Crippen LogP contribution in [-0.2, 0) is 6.54 Å². The van der Waals surface area contributed by atoms with Crippen LogP contribution < -0.4 is 5.32 Å². The molecular formula is C21H28N4O. The molecule has 2 amide bonds. The molecule has 4 rings (SSSR count). The summed E-state index contributed by atoms with van der Waals surface area (Å²) in [6.07, 6.45) is 6.67. The molecule has 1 aliphatic carbocycles. The second kappa shape index (κ2) is 7.14. The van der Waals surface area contributed by atoms with Crippen LogP contribution in [0.5, 0.6) is 0 Å². The second-order valence-corrected chi connectivity index (χ2v) is 7.79. The van der Waals surface area contributed by atoms with Crippen molar-refractivity contribution in [3.05, 3.63) is 53.1 Å². The summed E-state index contributed by atoms with van der Waals surface area (Å²) in [7, 11) is 0. The van der Waals surface area contributed by atoms with Crippen LogP contribution in [0.2, 0.25) is 0 Å². The second-order valence-electron chi connectivity index (χ2n) is 7.79. The van der Waals surface area contributed by atoms with Crippen molar-refractivity contribution >= 4 is 6.03 Å². The highest BCUT2D eigenvalue weighted by atomic mass is 16.2. The minimum atomic E-state index is 0.0426. The van der Waals surface area contributed by atoms with Gasteiger partial charge in [0.15, 0.2) is 0 Å². The molecule has 1 saturated carbocycles. The summed E-state index contributed by atoms with van der Waals surface area (Å²) in [5.74, 6) is 1.86. The Labute approximate surface area is 155 Å². The van der Waals surface area contributed by atoms with Gasteiger partial charge in [-0.3, -0.25) is 0 Å². The number of rotatable bonds is 4. The van der Waals surface area contributed by atoms with Crippen molar-refractivity contribution in [2.45, 2.75) is 58.0 Å². The van der Waals surface area contributed by atoms with E-state index in [0.29, 0.717) is 18.5 Å². The van der Waals surface area contributed by atoms with Gasteiger partial charge in [-0.1, -0.05) is 29.8 Å². The zero-order chi connectivity index (χ0) is 18.1. The highest BCUT2D eigenvalue weighted by molar-refractivity contribution is 5.74. The summed E-state index contributed by atoms with van der Waals surface area (Å²) in [5.41, 5.74) is 3.60. The van der Waals surface area contributed by atoms with Crippen LogP contribution in [0.1, 0.15) is 60.3 Å². The lowest BCUT2D eigenvalue weighted by Crippen LogP contribution is -2.46. The first-order valence-electron chi connectivity index (χ1n) is 9.74. The monoisotopic (exact) mass is 352 g/mol. The smallest absolute Gasteiger partial charge is 0.317 e. The van der Waals surface area contributed by atoms with Gasteiger partial charge in [0.25, 0.3) is 0 Å². The molecule has 2 aliphatic rings. The molecule has 0 bridgehead atoms. The molecular weight excluding hydrogens is 324 g/mol. The van der Waals surface area contributed by atoms with Gasteiger partial charge < -0.3 is 14.8 Å². The fraction of sp³-hybridized carbons (Fsp3) is 0.524. The highest BCUT2D eigenvalue weighted by Crippen LogP contribution is 2.41. The molecule has 1 unspecified atom stereocenters. The van der Waals surface area contributed by atoms with Gasteiger partial charge in [0.1, 0.15) is 5.82 Å². The van der Waals surface area contributed by atoms with Gasteiger partial charge in [0.2, 0.25) is 0 Å². The van der Waals surface area contributed by atoms with E-state index in [9.17, 15) is 4.79 Å². The van der Waals surface area contributed by atoms with Crippen molar-refractivity contribution < 1.29 is 4.79 Å². The Morgan fingerprint density at radius 3 is 2.69 bits per heavy atom. The van der Waals surface area contributed by atoms with Crippen molar-refractivity contribution in [3.8, 4) is 0 Å². The van der Waals surface area contributed by atoms with Crippen molar-refractivity contribution in [2.24, 2.45) is 0 Å². The number of carbonyl (C=O) groups excluding carboxylic acids is 1. The van der Waals surface area contributed by atoms with Crippen molar-refractivity contribution in [1.82, 2.24) is 19.8 Å². The number of hydrogen-bond donors (Lipinski definition) is 1. The summed E-state index contributed by atoms with van der Waals surface area (Å²) in [6.45, 7) is 6.40. The first-order chi connectivity index (χ1) is 12.6. The lowest BCUT2D eigenvalue weighted by atomic mass is 10.0. The number of urea groups is 1. The van der Waals surface area contributed by atoms with E-state index in [1.54, 1.807) is 0 Å². The van der Waals surface area contributed by atoms with Crippen LogP contribution in [0.4, 0.5) is 4.79 Å². The average molecular weight is 352 g/mol. The van der Waals surface area contributed by atoms with Gasteiger partial charge in [-0.05, 0) is 45.1 Å². The topological polar surface area (TPSA) is 50.2 Å². The first-order valence-corrected chi connectivity index (χ1v) is 9.74. The van der Waals surface area contributed by atoms with Gasteiger partial charge in [-0.15, -0.1) is 0 Å². The minimum Gasteiger partial charge on any atom is -0.334 e. The normalized spacial score (nSPS) is 20.2. The molecule has 138 valence electrons. The molecule has 2 heterocycles. The van der Waals surface area contributed by atoms with E-state index in [1.807, 2.05) is 11.1 Å². The number of likely N-dealkylation sites (tertiary alicyclic amines) is 1. The molecule has 1 saturated heterocycles. The highest BCUT2D eigenvalue weighted by Gasteiger charge is 2.33. The van der Waals surface area contributed by atoms with Crippen LogP contribution in [-0.4, -0.2) is 33.6 Å². The van der Waals surface area contributed by atoms with Crippen molar-refractivity contribution in [2.75, 3.05) is 13.1 Å². The number of hydrogen-bond acceptors (Lipinski definition) is 2. The van der Waals surface area contributed by atoms with E-state index < -0.39 is 0 Å². The molecule has 5 nitrogen and oxygen atoms in total. The molecule has 5 heteroatoms. The number of aromatic nitrogens is 2. The van der Waals surface area contributed by atoms with Gasteiger partial charge in [0, 0.05) is 37.4 Å². The maximum absolute atomic E-state index is 12.7. The zero-order valence-corrected chi connectivity index (χ0v) is 15.7. The van der Waals surface area contributed by atoms with Crippen LogP contribution in [0.15, 0.2) is 30.5 Å².